The Morgan fingerprint density at radius 3 is 2.49 bits per heavy atom. The van der Waals surface area contributed by atoms with Crippen molar-refractivity contribution in [1.29, 1.82) is 0 Å². The highest BCUT2D eigenvalue weighted by Crippen LogP contribution is 2.50. The predicted octanol–water partition coefficient (Wildman–Crippen LogP) is 6.14. The lowest BCUT2D eigenvalue weighted by Crippen LogP contribution is -2.41. The number of likely N-dealkylation sites (tertiary alicyclic amines) is 1. The van der Waals surface area contributed by atoms with E-state index in [4.69, 9.17) is 14.0 Å². The van der Waals surface area contributed by atoms with Crippen molar-refractivity contribution in [2.75, 3.05) is 26.3 Å². The van der Waals surface area contributed by atoms with E-state index >= 15 is 0 Å². The SMILES string of the molecule is CC1(C)OB(C2CCCc3cc(O)ccc3C2c2ccc(O[C@H]3CCN(CCCF)C3)cc2)OC1(C)C. The van der Waals surface area contributed by atoms with E-state index in [9.17, 15) is 9.50 Å². The van der Waals surface area contributed by atoms with E-state index in [2.05, 4.69) is 62.9 Å². The van der Waals surface area contributed by atoms with Crippen LogP contribution < -0.4 is 4.74 Å². The monoisotopic (exact) mass is 509 g/mol. The Hall–Kier alpha value is -2.09. The lowest BCUT2D eigenvalue weighted by molar-refractivity contribution is 0.00578. The van der Waals surface area contributed by atoms with Crippen LogP contribution in [0.1, 0.15) is 76.0 Å². The largest absolute Gasteiger partial charge is 0.508 e. The number of ether oxygens (including phenoxy) is 1. The third kappa shape index (κ3) is 5.55. The topological polar surface area (TPSA) is 51.2 Å². The number of hydrogen-bond donors (Lipinski definition) is 1. The molecule has 5 nitrogen and oxygen atoms in total. The van der Waals surface area contributed by atoms with Crippen LogP contribution in [0.4, 0.5) is 4.39 Å². The Morgan fingerprint density at radius 2 is 1.78 bits per heavy atom. The van der Waals surface area contributed by atoms with Crippen molar-refractivity contribution in [1.82, 2.24) is 4.90 Å². The highest BCUT2D eigenvalue weighted by atomic mass is 19.1. The summed E-state index contributed by atoms with van der Waals surface area (Å²) in [4.78, 5) is 2.28. The molecule has 0 spiro atoms. The zero-order valence-electron chi connectivity index (χ0n) is 22.7. The molecule has 7 heteroatoms. The predicted molar refractivity (Wildman–Crippen MR) is 145 cm³/mol. The minimum absolute atomic E-state index is 0.0875. The average Bonchev–Trinajstić information content (AvgIpc) is 3.31. The third-order valence-electron chi connectivity index (χ3n) is 8.87. The van der Waals surface area contributed by atoms with E-state index in [0.717, 1.165) is 51.1 Å². The molecule has 0 bridgehead atoms. The van der Waals surface area contributed by atoms with Crippen LogP contribution in [0.3, 0.4) is 0 Å². The molecule has 5 rings (SSSR count). The number of hydrogen-bond acceptors (Lipinski definition) is 5. The Labute approximate surface area is 221 Å². The molecule has 2 fully saturated rings. The fourth-order valence-electron chi connectivity index (χ4n) is 6.15. The van der Waals surface area contributed by atoms with Gasteiger partial charge in [0.15, 0.2) is 0 Å². The number of fused-ring (bicyclic) bond motifs is 1. The molecule has 1 N–H and O–H groups in total. The molecule has 0 amide bonds. The molecule has 2 aromatic rings. The summed E-state index contributed by atoms with van der Waals surface area (Å²) in [5, 5.41) is 10.2. The second kappa shape index (κ2) is 10.6. The van der Waals surface area contributed by atoms with Crippen LogP contribution in [0.2, 0.25) is 5.82 Å². The van der Waals surface area contributed by atoms with Gasteiger partial charge in [0.05, 0.1) is 17.9 Å². The smallest absolute Gasteiger partial charge is 0.462 e. The number of aromatic hydroxyl groups is 1. The molecule has 0 aromatic heterocycles. The zero-order valence-corrected chi connectivity index (χ0v) is 22.7. The van der Waals surface area contributed by atoms with Crippen molar-refractivity contribution in [2.24, 2.45) is 0 Å². The molecule has 2 unspecified atom stereocenters. The lowest BCUT2D eigenvalue weighted by atomic mass is 9.60. The van der Waals surface area contributed by atoms with E-state index in [1.54, 1.807) is 6.07 Å². The van der Waals surface area contributed by atoms with Crippen LogP contribution in [0.5, 0.6) is 11.5 Å². The van der Waals surface area contributed by atoms with Gasteiger partial charge in [-0.25, -0.2) is 0 Å². The van der Waals surface area contributed by atoms with Gasteiger partial charge in [0.2, 0.25) is 0 Å². The van der Waals surface area contributed by atoms with E-state index < -0.39 is 0 Å². The van der Waals surface area contributed by atoms with Crippen molar-refractivity contribution in [3.63, 3.8) is 0 Å². The fraction of sp³-hybridized carbons (Fsp3) is 0.600. The summed E-state index contributed by atoms with van der Waals surface area (Å²) < 4.78 is 32.0. The Kier molecular flexibility index (Phi) is 7.59. The molecule has 3 aliphatic rings. The van der Waals surface area contributed by atoms with Crippen molar-refractivity contribution >= 4 is 7.12 Å². The first-order chi connectivity index (χ1) is 17.7. The minimum atomic E-state index is -0.386. The number of aryl methyl sites for hydroxylation is 1. The molecule has 0 saturated carbocycles. The molecular formula is C30H41BFNO4. The van der Waals surface area contributed by atoms with Gasteiger partial charge in [0.1, 0.15) is 17.6 Å². The molecule has 3 atom stereocenters. The highest BCUT2D eigenvalue weighted by Gasteiger charge is 2.55. The van der Waals surface area contributed by atoms with Gasteiger partial charge < -0.3 is 19.2 Å². The number of benzene rings is 2. The molecular weight excluding hydrogens is 468 g/mol. The van der Waals surface area contributed by atoms with Crippen LogP contribution in [0.15, 0.2) is 42.5 Å². The lowest BCUT2D eigenvalue weighted by Gasteiger charge is -2.32. The van der Waals surface area contributed by atoms with E-state index in [1.807, 2.05) is 6.07 Å². The second-order valence-corrected chi connectivity index (χ2v) is 12.0. The molecule has 200 valence electrons. The number of rotatable bonds is 7. The number of phenols is 1. The van der Waals surface area contributed by atoms with Gasteiger partial charge in [-0.15, -0.1) is 0 Å². The molecule has 1 aliphatic carbocycles. The first-order valence-electron chi connectivity index (χ1n) is 13.9. The van der Waals surface area contributed by atoms with E-state index in [1.165, 1.54) is 16.7 Å². The Bertz CT molecular complexity index is 1060. The summed E-state index contributed by atoms with van der Waals surface area (Å²) in [5.41, 5.74) is 2.87. The molecule has 2 aromatic carbocycles. The quantitative estimate of drug-likeness (QED) is 0.359. The maximum Gasteiger partial charge on any atom is 0.462 e. The van der Waals surface area contributed by atoms with Gasteiger partial charge in [0.25, 0.3) is 0 Å². The Balaban J connectivity index is 1.40. The zero-order chi connectivity index (χ0) is 26.2. The first kappa shape index (κ1) is 26.5. The molecule has 0 radical (unpaired) electrons. The van der Waals surface area contributed by atoms with Crippen molar-refractivity contribution in [3.8, 4) is 11.5 Å². The summed E-state index contributed by atoms with van der Waals surface area (Å²) >= 11 is 0. The van der Waals surface area contributed by atoms with Gasteiger partial charge >= 0.3 is 7.12 Å². The normalized spacial score (nSPS) is 27.2. The standard InChI is InChI=1S/C30H41BFNO4/c1-29(2)30(3,4)37-31(36-29)27-8-5-7-22-19-23(34)11-14-26(22)28(27)21-9-12-24(13-10-21)35-25-15-18-33(20-25)17-6-16-32/h9-14,19,25,27-28,34H,5-8,15-18,20H2,1-4H3/t25-,27?,28?/m0/s1. The van der Waals surface area contributed by atoms with E-state index in [-0.39, 0.29) is 42.8 Å². The van der Waals surface area contributed by atoms with Gasteiger partial charge in [-0.3, -0.25) is 9.29 Å². The number of nitrogens with zero attached hydrogens (tertiary/aromatic N) is 1. The van der Waals surface area contributed by atoms with Crippen LogP contribution >= 0.6 is 0 Å². The summed E-state index contributed by atoms with van der Waals surface area (Å²) in [6.07, 6.45) is 4.63. The van der Waals surface area contributed by atoms with Crippen molar-refractivity contribution < 1.29 is 23.5 Å². The van der Waals surface area contributed by atoms with Gasteiger partial charge in [-0.1, -0.05) is 24.6 Å². The minimum Gasteiger partial charge on any atom is -0.508 e. The summed E-state index contributed by atoms with van der Waals surface area (Å²) in [6, 6.07) is 14.3. The summed E-state index contributed by atoms with van der Waals surface area (Å²) in [7, 11) is -0.306. The maximum atomic E-state index is 12.5. The van der Waals surface area contributed by atoms with Crippen molar-refractivity contribution in [2.45, 2.75) is 88.8 Å². The van der Waals surface area contributed by atoms with Crippen LogP contribution in [0, 0.1) is 0 Å². The average molecular weight is 509 g/mol. The highest BCUT2D eigenvalue weighted by molar-refractivity contribution is 6.48. The summed E-state index contributed by atoms with van der Waals surface area (Å²) in [6.45, 7) is 10.8. The maximum absolute atomic E-state index is 12.5. The molecule has 2 saturated heterocycles. The van der Waals surface area contributed by atoms with Crippen LogP contribution in [0.25, 0.3) is 0 Å². The third-order valence-corrected chi connectivity index (χ3v) is 8.87. The second-order valence-electron chi connectivity index (χ2n) is 12.0. The van der Waals surface area contributed by atoms with Crippen LogP contribution in [-0.4, -0.2) is 60.7 Å². The number of halogens is 1. The fourth-order valence-corrected chi connectivity index (χ4v) is 6.15. The van der Waals surface area contributed by atoms with Crippen molar-refractivity contribution in [3.05, 3.63) is 59.2 Å². The Morgan fingerprint density at radius 1 is 1.05 bits per heavy atom. The van der Waals surface area contributed by atoms with Gasteiger partial charge in [0, 0.05) is 31.4 Å². The number of phenolic OH excluding ortho intramolecular Hbond substituents is 1. The van der Waals surface area contributed by atoms with Gasteiger partial charge in [-0.2, -0.15) is 0 Å². The van der Waals surface area contributed by atoms with E-state index in [0.29, 0.717) is 12.2 Å². The summed E-state index contributed by atoms with van der Waals surface area (Å²) in [5.74, 6) is 1.42. The first-order valence-corrected chi connectivity index (χ1v) is 13.9. The molecule has 37 heavy (non-hydrogen) atoms. The molecule has 2 heterocycles. The number of alkyl halides is 1. The molecule has 2 aliphatic heterocycles. The van der Waals surface area contributed by atoms with Gasteiger partial charge in [-0.05, 0) is 94.3 Å². The van der Waals surface area contributed by atoms with Crippen LogP contribution in [-0.2, 0) is 15.7 Å².